The van der Waals surface area contributed by atoms with Crippen molar-refractivity contribution in [3.05, 3.63) is 67.1 Å². The van der Waals surface area contributed by atoms with Gasteiger partial charge in [0.25, 0.3) is 5.56 Å². The third-order valence-corrected chi connectivity index (χ3v) is 5.46. The molecule has 0 unspecified atom stereocenters. The van der Waals surface area contributed by atoms with Crippen LogP contribution >= 0.6 is 46.8 Å². The van der Waals surface area contributed by atoms with E-state index in [1.54, 1.807) is 22.8 Å². The van der Waals surface area contributed by atoms with Crippen molar-refractivity contribution in [1.82, 2.24) is 14.1 Å². The highest BCUT2D eigenvalue weighted by Crippen LogP contribution is 2.23. The van der Waals surface area contributed by atoms with Crippen LogP contribution in [-0.2, 0) is 13.1 Å². The second-order valence-corrected chi connectivity index (χ2v) is 7.30. The van der Waals surface area contributed by atoms with Crippen LogP contribution in [0.4, 0.5) is 0 Å². The van der Waals surface area contributed by atoms with Crippen LogP contribution < -0.4 is 5.56 Å². The van der Waals surface area contributed by atoms with Crippen LogP contribution in [0.25, 0.3) is 10.3 Å². The quantitative estimate of drug-likeness (QED) is 0.490. The minimum absolute atomic E-state index is 0.125. The minimum atomic E-state index is -0.125. The maximum absolute atomic E-state index is 12.6. The smallest absolute Gasteiger partial charge is 0.273 e. The normalized spacial score (nSPS) is 11.0. The van der Waals surface area contributed by atoms with Gasteiger partial charge in [0.1, 0.15) is 11.0 Å². The van der Waals surface area contributed by atoms with Crippen LogP contribution in [0.1, 0.15) is 5.56 Å². The Balaban J connectivity index is 2.07. The predicted octanol–water partition coefficient (Wildman–Crippen LogP) is 4.53. The Morgan fingerprint density at radius 3 is 2.83 bits per heavy atom. The summed E-state index contributed by atoms with van der Waals surface area (Å²) in [4.78, 5) is 17.0. The maximum atomic E-state index is 12.6. The summed E-state index contributed by atoms with van der Waals surface area (Å²) in [5, 5.41) is 0.940. The number of aromatic nitrogens is 3. The van der Waals surface area contributed by atoms with E-state index >= 15 is 0 Å². The number of nitrogens with zero attached hydrogens (tertiary/aromatic N) is 3. The molecule has 0 aliphatic carbocycles. The first kappa shape index (κ1) is 16.4. The van der Waals surface area contributed by atoms with E-state index in [4.69, 9.17) is 35.4 Å². The molecule has 0 saturated heterocycles. The third kappa shape index (κ3) is 3.12. The van der Waals surface area contributed by atoms with Gasteiger partial charge < -0.3 is 4.57 Å². The van der Waals surface area contributed by atoms with Gasteiger partial charge in [-0.05, 0) is 29.9 Å². The molecule has 0 amide bonds. The van der Waals surface area contributed by atoms with Gasteiger partial charge in [-0.15, -0.1) is 6.58 Å². The zero-order valence-electron chi connectivity index (χ0n) is 11.8. The number of hydrogen-bond acceptors (Lipinski definition) is 4. The van der Waals surface area contributed by atoms with Crippen LogP contribution in [0, 0.1) is 3.95 Å². The lowest BCUT2D eigenvalue weighted by molar-refractivity contribution is 0.741. The molecule has 0 atom stereocenters. The number of fused-ring (bicyclic) bond motifs is 1. The Morgan fingerprint density at radius 2 is 2.13 bits per heavy atom. The van der Waals surface area contributed by atoms with E-state index in [9.17, 15) is 4.79 Å². The van der Waals surface area contributed by atoms with E-state index in [1.165, 1.54) is 22.2 Å². The standard InChI is InChI=1S/C15H11Cl2N3OS2/c1-2-5-20-13-12(23-15(20)22)14(21)19(8-18-13)7-9-3-4-10(16)11(17)6-9/h2-4,6,8H,1,5,7H2. The zero-order chi connectivity index (χ0) is 16.6. The molecule has 0 aliphatic heterocycles. The minimum Gasteiger partial charge on any atom is -0.304 e. The van der Waals surface area contributed by atoms with E-state index in [1.807, 2.05) is 6.07 Å². The van der Waals surface area contributed by atoms with Crippen molar-refractivity contribution in [2.24, 2.45) is 0 Å². The Labute approximate surface area is 151 Å². The molecule has 3 aromatic rings. The first-order chi connectivity index (χ1) is 11.0. The van der Waals surface area contributed by atoms with Crippen LogP contribution in [0.15, 0.2) is 42.0 Å². The first-order valence-corrected chi connectivity index (χ1v) is 8.63. The second kappa shape index (κ2) is 6.57. The molecule has 1 aromatic carbocycles. The molecular weight excluding hydrogens is 373 g/mol. The summed E-state index contributed by atoms with van der Waals surface area (Å²) < 4.78 is 4.48. The summed E-state index contributed by atoms with van der Waals surface area (Å²) in [6.07, 6.45) is 3.25. The first-order valence-electron chi connectivity index (χ1n) is 6.65. The van der Waals surface area contributed by atoms with Crippen molar-refractivity contribution in [2.45, 2.75) is 13.1 Å². The SMILES string of the molecule is C=CCn1c(=S)sc2c(=O)n(Cc3ccc(Cl)c(Cl)c3)cnc21. The zero-order valence-corrected chi connectivity index (χ0v) is 15.0. The van der Waals surface area contributed by atoms with E-state index < -0.39 is 0 Å². The molecule has 118 valence electrons. The Hall–Kier alpha value is -1.47. The summed E-state index contributed by atoms with van der Waals surface area (Å²) in [5.41, 5.74) is 1.34. The van der Waals surface area contributed by atoms with Gasteiger partial charge in [0.15, 0.2) is 9.60 Å². The van der Waals surface area contributed by atoms with Crippen LogP contribution in [0.2, 0.25) is 10.0 Å². The molecule has 0 fully saturated rings. The molecule has 0 bridgehead atoms. The molecule has 8 heteroatoms. The topological polar surface area (TPSA) is 39.8 Å². The van der Waals surface area contributed by atoms with Crippen molar-refractivity contribution < 1.29 is 0 Å². The molecule has 0 spiro atoms. The lowest BCUT2D eigenvalue weighted by Crippen LogP contribution is -2.20. The summed E-state index contributed by atoms with van der Waals surface area (Å²) in [7, 11) is 0. The predicted molar refractivity (Wildman–Crippen MR) is 98.5 cm³/mol. The monoisotopic (exact) mass is 383 g/mol. The van der Waals surface area contributed by atoms with E-state index in [-0.39, 0.29) is 5.56 Å². The molecule has 3 rings (SSSR count). The van der Waals surface area contributed by atoms with Crippen LogP contribution in [0.3, 0.4) is 0 Å². The van der Waals surface area contributed by atoms with Gasteiger partial charge in [-0.3, -0.25) is 9.36 Å². The van der Waals surface area contributed by atoms with Crippen molar-refractivity contribution in [3.63, 3.8) is 0 Å². The van der Waals surface area contributed by atoms with Crippen molar-refractivity contribution in [2.75, 3.05) is 0 Å². The van der Waals surface area contributed by atoms with Crippen LogP contribution in [-0.4, -0.2) is 14.1 Å². The average molecular weight is 384 g/mol. The molecular formula is C15H11Cl2N3OS2. The number of thiazole rings is 1. The summed E-state index contributed by atoms with van der Waals surface area (Å²) >= 11 is 18.5. The molecule has 0 aliphatic rings. The molecule has 0 saturated carbocycles. The maximum Gasteiger partial charge on any atom is 0.273 e. The van der Waals surface area contributed by atoms with Crippen LogP contribution in [0.5, 0.6) is 0 Å². The lowest BCUT2D eigenvalue weighted by Gasteiger charge is -2.07. The number of allylic oxidation sites excluding steroid dienone is 1. The van der Waals surface area contributed by atoms with Gasteiger partial charge in [-0.2, -0.15) is 0 Å². The number of benzene rings is 1. The second-order valence-electron chi connectivity index (χ2n) is 4.85. The van der Waals surface area contributed by atoms with Gasteiger partial charge in [0.2, 0.25) is 0 Å². The van der Waals surface area contributed by atoms with Gasteiger partial charge in [-0.25, -0.2) is 4.98 Å². The summed E-state index contributed by atoms with van der Waals surface area (Å²) in [6, 6.07) is 5.28. The molecule has 0 radical (unpaired) electrons. The third-order valence-electron chi connectivity index (χ3n) is 3.29. The van der Waals surface area contributed by atoms with Crippen molar-refractivity contribution in [1.29, 1.82) is 0 Å². The highest BCUT2D eigenvalue weighted by Gasteiger charge is 2.12. The van der Waals surface area contributed by atoms with Gasteiger partial charge >= 0.3 is 0 Å². The largest absolute Gasteiger partial charge is 0.304 e. The molecule has 2 aromatic heterocycles. The summed E-state index contributed by atoms with van der Waals surface area (Å²) in [6.45, 7) is 4.59. The number of rotatable bonds is 4. The van der Waals surface area contributed by atoms with E-state index in [0.717, 1.165) is 5.56 Å². The lowest BCUT2D eigenvalue weighted by atomic mass is 10.2. The van der Waals surface area contributed by atoms with Gasteiger partial charge in [0, 0.05) is 6.54 Å². The van der Waals surface area contributed by atoms with Gasteiger partial charge in [-0.1, -0.05) is 46.7 Å². The van der Waals surface area contributed by atoms with Crippen molar-refractivity contribution in [3.8, 4) is 0 Å². The fourth-order valence-electron chi connectivity index (χ4n) is 2.21. The summed E-state index contributed by atoms with van der Waals surface area (Å²) in [5.74, 6) is 0. The molecule has 23 heavy (non-hydrogen) atoms. The van der Waals surface area contributed by atoms with E-state index in [0.29, 0.717) is 37.4 Å². The van der Waals surface area contributed by atoms with E-state index in [2.05, 4.69) is 11.6 Å². The average Bonchev–Trinajstić information content (AvgIpc) is 2.84. The molecule has 4 nitrogen and oxygen atoms in total. The van der Waals surface area contributed by atoms with Gasteiger partial charge in [0.05, 0.1) is 16.6 Å². The fraction of sp³-hybridized carbons (Fsp3) is 0.133. The highest BCUT2D eigenvalue weighted by molar-refractivity contribution is 7.73. The Bertz CT molecular complexity index is 1020. The van der Waals surface area contributed by atoms with Crippen molar-refractivity contribution >= 4 is 57.1 Å². The molecule has 2 heterocycles. The Kier molecular flexibility index (Phi) is 4.68. The molecule has 0 N–H and O–H groups in total. The number of halogens is 2. The Morgan fingerprint density at radius 1 is 1.35 bits per heavy atom. The fourth-order valence-corrected chi connectivity index (χ4v) is 3.85. The number of hydrogen-bond donors (Lipinski definition) is 0. The highest BCUT2D eigenvalue weighted by atomic mass is 35.5.